The fourth-order valence-corrected chi connectivity index (χ4v) is 0.895. The van der Waals surface area contributed by atoms with Crippen LogP contribution in [0, 0.1) is 0 Å². The van der Waals surface area contributed by atoms with Crippen LogP contribution < -0.4 is 4.57 Å². The topological polar surface area (TPSA) is 30.2 Å². The summed E-state index contributed by atoms with van der Waals surface area (Å²) in [7, 11) is 0. The van der Waals surface area contributed by atoms with Gasteiger partial charge in [-0.1, -0.05) is 6.07 Å². The van der Waals surface area contributed by atoms with Crippen LogP contribution in [0.5, 0.6) is 0 Å². The van der Waals surface area contributed by atoms with Gasteiger partial charge in [0.1, 0.15) is 0 Å². The normalized spacial score (nSPS) is 8.69. The average Bonchev–Trinajstić information content (AvgIpc) is 2.06. The van der Waals surface area contributed by atoms with Gasteiger partial charge in [0, 0.05) is 12.1 Å². The number of esters is 1. The van der Waals surface area contributed by atoms with Crippen molar-refractivity contribution >= 4 is 18.4 Å². The van der Waals surface area contributed by atoms with Crippen molar-refractivity contribution in [2.75, 3.05) is 6.61 Å². The van der Waals surface area contributed by atoms with E-state index in [0.29, 0.717) is 6.61 Å². The molecular weight excluding hydrogens is 190 g/mol. The van der Waals surface area contributed by atoms with Gasteiger partial charge >= 0.3 is 5.97 Å². The summed E-state index contributed by atoms with van der Waals surface area (Å²) < 4.78 is 6.56. The molecule has 0 spiro atoms. The van der Waals surface area contributed by atoms with Crippen molar-refractivity contribution in [2.24, 2.45) is 0 Å². The van der Waals surface area contributed by atoms with Crippen molar-refractivity contribution < 1.29 is 14.1 Å². The zero-order valence-corrected chi connectivity index (χ0v) is 8.29. The average molecular weight is 203 g/mol. The first-order valence-corrected chi connectivity index (χ1v) is 3.92. The predicted molar refractivity (Wildman–Crippen MR) is 50.5 cm³/mol. The standard InChI is InChI=1S/C9H12NO2.ClH/c1-2-12-9(11)8-10-6-4-3-5-7-10;/h3-7H,2,8H2,1H3;1H/q+1;. The second-order valence-electron chi connectivity index (χ2n) is 2.35. The molecule has 0 radical (unpaired) electrons. The fourth-order valence-electron chi connectivity index (χ4n) is 0.895. The minimum absolute atomic E-state index is 0. The number of carbonyl (C=O) groups excluding carboxylic acids is 1. The van der Waals surface area contributed by atoms with E-state index >= 15 is 0 Å². The van der Waals surface area contributed by atoms with Gasteiger partial charge in [0.25, 0.3) is 0 Å². The Labute approximate surface area is 83.7 Å². The highest BCUT2D eigenvalue weighted by molar-refractivity contribution is 5.85. The lowest BCUT2D eigenvalue weighted by atomic mass is 10.5. The molecule has 0 fully saturated rings. The van der Waals surface area contributed by atoms with Crippen LogP contribution in [0.25, 0.3) is 0 Å². The number of ether oxygens (including phenoxy) is 1. The number of nitrogens with zero attached hydrogens (tertiary/aromatic N) is 1. The predicted octanol–water partition coefficient (Wildman–Crippen LogP) is 0.959. The molecule has 72 valence electrons. The molecule has 0 bridgehead atoms. The maximum Gasteiger partial charge on any atom is 0.372 e. The van der Waals surface area contributed by atoms with Gasteiger partial charge in [-0.3, -0.25) is 0 Å². The fraction of sp³-hybridized carbons (Fsp3) is 0.333. The van der Waals surface area contributed by atoms with E-state index in [-0.39, 0.29) is 24.9 Å². The third kappa shape index (κ3) is 4.48. The summed E-state index contributed by atoms with van der Waals surface area (Å²) in [6, 6.07) is 5.65. The second-order valence-corrected chi connectivity index (χ2v) is 2.35. The van der Waals surface area contributed by atoms with Gasteiger partial charge < -0.3 is 4.74 Å². The van der Waals surface area contributed by atoms with E-state index in [1.807, 2.05) is 30.6 Å². The van der Waals surface area contributed by atoms with E-state index in [4.69, 9.17) is 4.74 Å². The quantitative estimate of drug-likeness (QED) is 0.540. The molecule has 4 heteroatoms. The van der Waals surface area contributed by atoms with Gasteiger partial charge in [0.05, 0.1) is 6.61 Å². The third-order valence-electron chi connectivity index (χ3n) is 1.39. The van der Waals surface area contributed by atoms with Crippen LogP contribution in [0.2, 0.25) is 0 Å². The summed E-state index contributed by atoms with van der Waals surface area (Å²) in [5.41, 5.74) is 0. The maximum atomic E-state index is 11.0. The number of carbonyl (C=O) groups is 1. The summed E-state index contributed by atoms with van der Waals surface area (Å²) in [5.74, 6) is -0.200. The number of pyridine rings is 1. The van der Waals surface area contributed by atoms with Crippen molar-refractivity contribution in [3.05, 3.63) is 30.6 Å². The molecule has 0 atom stereocenters. The minimum Gasteiger partial charge on any atom is -0.461 e. The molecule has 13 heavy (non-hydrogen) atoms. The van der Waals surface area contributed by atoms with Gasteiger partial charge in [0.2, 0.25) is 6.54 Å². The molecule has 0 saturated heterocycles. The zero-order valence-electron chi connectivity index (χ0n) is 7.47. The lowest BCUT2D eigenvalue weighted by molar-refractivity contribution is -0.686. The highest BCUT2D eigenvalue weighted by Crippen LogP contribution is 1.80. The molecular formula is C9H13ClNO2+. The molecule has 0 aromatic carbocycles. The Kier molecular flexibility index (Phi) is 5.89. The smallest absolute Gasteiger partial charge is 0.372 e. The molecule has 1 aromatic heterocycles. The van der Waals surface area contributed by atoms with Gasteiger partial charge in [-0.25, -0.2) is 4.79 Å². The molecule has 3 nitrogen and oxygen atoms in total. The Morgan fingerprint density at radius 3 is 2.46 bits per heavy atom. The highest BCUT2D eigenvalue weighted by Gasteiger charge is 2.07. The Hall–Kier alpha value is -1.09. The van der Waals surface area contributed by atoms with E-state index in [1.54, 1.807) is 11.5 Å². The van der Waals surface area contributed by atoms with E-state index in [1.165, 1.54) is 0 Å². The van der Waals surface area contributed by atoms with Crippen molar-refractivity contribution in [1.82, 2.24) is 0 Å². The van der Waals surface area contributed by atoms with Crippen LogP contribution in [-0.4, -0.2) is 12.6 Å². The van der Waals surface area contributed by atoms with E-state index in [0.717, 1.165) is 0 Å². The van der Waals surface area contributed by atoms with Gasteiger partial charge in [-0.2, -0.15) is 4.57 Å². The number of halogens is 1. The molecule has 0 aliphatic heterocycles. The van der Waals surface area contributed by atoms with Crippen LogP contribution in [0.4, 0.5) is 0 Å². The molecule has 0 unspecified atom stereocenters. The Bertz CT molecular complexity index is 251. The van der Waals surface area contributed by atoms with Crippen LogP contribution in [-0.2, 0) is 16.1 Å². The highest BCUT2D eigenvalue weighted by atomic mass is 35.5. The van der Waals surface area contributed by atoms with Crippen molar-refractivity contribution in [1.29, 1.82) is 0 Å². The molecule has 1 rings (SSSR count). The van der Waals surface area contributed by atoms with Gasteiger partial charge in [0.15, 0.2) is 12.4 Å². The summed E-state index contributed by atoms with van der Waals surface area (Å²) in [6.07, 6.45) is 3.66. The second kappa shape index (κ2) is 6.43. The monoisotopic (exact) mass is 202 g/mol. The number of rotatable bonds is 3. The van der Waals surface area contributed by atoms with Gasteiger partial charge in [-0.05, 0) is 6.92 Å². The first-order valence-electron chi connectivity index (χ1n) is 3.92. The van der Waals surface area contributed by atoms with Crippen molar-refractivity contribution in [3.63, 3.8) is 0 Å². The Morgan fingerprint density at radius 2 is 1.92 bits per heavy atom. The van der Waals surface area contributed by atoms with Crippen LogP contribution in [0.1, 0.15) is 6.92 Å². The first kappa shape index (κ1) is 11.9. The van der Waals surface area contributed by atoms with Crippen LogP contribution >= 0.6 is 12.4 Å². The van der Waals surface area contributed by atoms with Crippen LogP contribution in [0.15, 0.2) is 30.6 Å². The molecule has 1 heterocycles. The van der Waals surface area contributed by atoms with E-state index < -0.39 is 0 Å². The summed E-state index contributed by atoms with van der Waals surface area (Å²) in [6.45, 7) is 2.52. The third-order valence-corrected chi connectivity index (χ3v) is 1.39. The number of hydrogen-bond donors (Lipinski definition) is 0. The lowest BCUT2D eigenvalue weighted by Crippen LogP contribution is -2.37. The number of aromatic nitrogens is 1. The largest absolute Gasteiger partial charge is 0.461 e. The maximum absolute atomic E-state index is 11.0. The van der Waals surface area contributed by atoms with E-state index in [2.05, 4.69) is 0 Å². The molecule has 0 aliphatic rings. The Balaban J connectivity index is 0.00000144. The Morgan fingerprint density at radius 1 is 1.31 bits per heavy atom. The molecule has 0 aliphatic carbocycles. The SMILES string of the molecule is CCOC(=O)C[n+]1ccccc1.Cl. The molecule has 0 saturated carbocycles. The van der Waals surface area contributed by atoms with Crippen molar-refractivity contribution in [3.8, 4) is 0 Å². The molecule has 1 aromatic rings. The molecule has 0 N–H and O–H groups in total. The van der Waals surface area contributed by atoms with Crippen LogP contribution in [0.3, 0.4) is 0 Å². The van der Waals surface area contributed by atoms with E-state index in [9.17, 15) is 4.79 Å². The lowest BCUT2D eigenvalue weighted by Gasteiger charge is -1.96. The molecule has 0 amide bonds. The van der Waals surface area contributed by atoms with Gasteiger partial charge in [-0.15, -0.1) is 12.4 Å². The number of hydrogen-bond acceptors (Lipinski definition) is 2. The van der Waals surface area contributed by atoms with Crippen molar-refractivity contribution in [2.45, 2.75) is 13.5 Å². The zero-order chi connectivity index (χ0) is 8.81. The summed E-state index contributed by atoms with van der Waals surface area (Å²) in [5, 5.41) is 0. The summed E-state index contributed by atoms with van der Waals surface area (Å²) >= 11 is 0. The summed E-state index contributed by atoms with van der Waals surface area (Å²) in [4.78, 5) is 11.0. The first-order chi connectivity index (χ1) is 5.83. The minimum atomic E-state index is -0.200.